The minimum Gasteiger partial charge on any atom is -0.463 e. The Bertz CT molecular complexity index is 758. The molecule has 0 amide bonds. The van der Waals surface area contributed by atoms with E-state index in [1.165, 1.54) is 0 Å². The highest BCUT2D eigenvalue weighted by molar-refractivity contribution is 5.81. The van der Waals surface area contributed by atoms with Crippen molar-refractivity contribution in [3.05, 3.63) is 48.3 Å². The van der Waals surface area contributed by atoms with Gasteiger partial charge in [-0.2, -0.15) is 0 Å². The summed E-state index contributed by atoms with van der Waals surface area (Å²) in [6.07, 6.45) is 6.49. The molecule has 3 atom stereocenters. The monoisotopic (exact) mass is 436 g/mol. The maximum Gasteiger partial charge on any atom is 0.343 e. The fraction of sp³-hybridized carbons (Fsp3) is 0.625. The zero-order valence-corrected chi connectivity index (χ0v) is 18.5. The Balaban J connectivity index is 1.56. The van der Waals surface area contributed by atoms with E-state index in [-0.39, 0.29) is 25.6 Å². The number of ether oxygens (including phenoxy) is 1. The van der Waals surface area contributed by atoms with Gasteiger partial charge in [-0.25, -0.2) is 13.6 Å². The summed E-state index contributed by atoms with van der Waals surface area (Å²) in [6, 6.07) is 8.32. The van der Waals surface area contributed by atoms with Gasteiger partial charge in [-0.1, -0.05) is 43.7 Å². The third-order valence-corrected chi connectivity index (χ3v) is 6.49. The van der Waals surface area contributed by atoms with E-state index in [1.54, 1.807) is 30.3 Å². The van der Waals surface area contributed by atoms with E-state index in [9.17, 15) is 18.7 Å². The molecule has 1 aliphatic heterocycles. The lowest BCUT2D eigenvalue weighted by molar-refractivity contribution is -0.175. The van der Waals surface area contributed by atoms with E-state index in [0.29, 0.717) is 18.5 Å². The van der Waals surface area contributed by atoms with Gasteiger partial charge in [0, 0.05) is 44.2 Å². The molecule has 0 spiro atoms. The van der Waals surface area contributed by atoms with Gasteiger partial charge in [-0.15, -0.1) is 0 Å². The predicted octanol–water partition coefficient (Wildman–Crippen LogP) is 4.48. The molecule has 0 radical (unpaired) electrons. The molecule has 2 aliphatic rings. The summed E-state index contributed by atoms with van der Waals surface area (Å²) >= 11 is 0. The molecule has 0 bridgehead atoms. The molecule has 1 aromatic carbocycles. The SMILES string of the molecule is CCCCN1C=CN(CCCOC(=O)[C@](O)(c2ccccc2)[C@@H]2CCC(F)(F)C2)C1C. The molecule has 1 aromatic rings. The van der Waals surface area contributed by atoms with Crippen LogP contribution in [-0.2, 0) is 15.1 Å². The van der Waals surface area contributed by atoms with Gasteiger partial charge in [0.1, 0.15) is 0 Å². The van der Waals surface area contributed by atoms with E-state index in [4.69, 9.17) is 4.74 Å². The van der Waals surface area contributed by atoms with Crippen molar-refractivity contribution in [3.8, 4) is 0 Å². The number of carbonyl (C=O) groups excluding carboxylic acids is 1. The summed E-state index contributed by atoms with van der Waals surface area (Å²) in [6.45, 7) is 6.15. The van der Waals surface area contributed by atoms with Crippen molar-refractivity contribution in [1.82, 2.24) is 9.80 Å². The molecular weight excluding hydrogens is 402 g/mol. The van der Waals surface area contributed by atoms with Crippen molar-refractivity contribution in [3.63, 3.8) is 0 Å². The van der Waals surface area contributed by atoms with Gasteiger partial charge in [0.25, 0.3) is 0 Å². The van der Waals surface area contributed by atoms with Gasteiger partial charge in [0.15, 0.2) is 5.60 Å². The highest BCUT2D eigenvalue weighted by atomic mass is 19.3. The third kappa shape index (κ3) is 5.37. The lowest BCUT2D eigenvalue weighted by atomic mass is 9.80. The second kappa shape index (κ2) is 9.98. The average molecular weight is 437 g/mol. The molecule has 3 rings (SSSR count). The number of halogens is 2. The molecule has 1 fully saturated rings. The summed E-state index contributed by atoms with van der Waals surface area (Å²) in [7, 11) is 0. The first-order valence-corrected chi connectivity index (χ1v) is 11.3. The largest absolute Gasteiger partial charge is 0.463 e. The molecular formula is C24H34F2N2O3. The van der Waals surface area contributed by atoms with Crippen molar-refractivity contribution >= 4 is 5.97 Å². The van der Waals surface area contributed by atoms with Crippen LogP contribution in [0.4, 0.5) is 8.78 Å². The standard InChI is InChI=1S/C24H34F2N2O3/c1-3-4-13-27-15-16-28(19(27)2)14-8-17-31-22(29)24(30,20-9-6-5-7-10-20)21-11-12-23(25,26)18-21/h5-7,9-10,15-16,19,21,30H,3-4,8,11-14,17-18H2,1-2H3/t19?,21-,24+/m1/s1. The summed E-state index contributed by atoms with van der Waals surface area (Å²) in [5.74, 6) is -4.57. The Labute approximate surface area is 183 Å². The van der Waals surface area contributed by atoms with E-state index in [1.807, 2.05) is 6.20 Å². The summed E-state index contributed by atoms with van der Waals surface area (Å²) in [4.78, 5) is 17.4. The number of unbranched alkanes of at least 4 members (excludes halogenated alkanes) is 1. The Morgan fingerprint density at radius 2 is 1.84 bits per heavy atom. The smallest absolute Gasteiger partial charge is 0.343 e. The number of alkyl halides is 2. The zero-order valence-electron chi connectivity index (χ0n) is 18.5. The topological polar surface area (TPSA) is 53.0 Å². The van der Waals surface area contributed by atoms with Crippen LogP contribution in [0, 0.1) is 5.92 Å². The molecule has 31 heavy (non-hydrogen) atoms. The first-order valence-electron chi connectivity index (χ1n) is 11.3. The van der Waals surface area contributed by atoms with Crippen molar-refractivity contribution in [2.75, 3.05) is 19.7 Å². The number of hydrogen-bond donors (Lipinski definition) is 1. The van der Waals surface area contributed by atoms with Crippen molar-refractivity contribution < 1.29 is 23.4 Å². The lowest BCUT2D eigenvalue weighted by Gasteiger charge is -2.32. The molecule has 1 heterocycles. The maximum absolute atomic E-state index is 13.9. The Hall–Kier alpha value is -2.15. The van der Waals surface area contributed by atoms with Crippen LogP contribution in [0.1, 0.15) is 57.9 Å². The van der Waals surface area contributed by atoms with Gasteiger partial charge in [0.2, 0.25) is 5.92 Å². The third-order valence-electron chi connectivity index (χ3n) is 6.49. The Morgan fingerprint density at radius 1 is 1.19 bits per heavy atom. The summed E-state index contributed by atoms with van der Waals surface area (Å²) in [5.41, 5.74) is -1.75. The number of esters is 1. The molecule has 172 valence electrons. The molecule has 0 aromatic heterocycles. The summed E-state index contributed by atoms with van der Waals surface area (Å²) < 4.78 is 33.1. The molecule has 7 heteroatoms. The lowest BCUT2D eigenvalue weighted by Crippen LogP contribution is -2.44. The van der Waals surface area contributed by atoms with Crippen LogP contribution in [0.5, 0.6) is 0 Å². The van der Waals surface area contributed by atoms with Crippen LogP contribution in [-0.4, -0.2) is 52.7 Å². The predicted molar refractivity (Wildman–Crippen MR) is 115 cm³/mol. The fourth-order valence-electron chi connectivity index (χ4n) is 4.52. The van der Waals surface area contributed by atoms with Crippen molar-refractivity contribution in [2.45, 2.75) is 70.1 Å². The average Bonchev–Trinajstić information content (AvgIpc) is 3.31. The van der Waals surface area contributed by atoms with Crippen LogP contribution >= 0.6 is 0 Å². The zero-order chi connectivity index (χ0) is 22.5. The first kappa shape index (κ1) is 23.5. The van der Waals surface area contributed by atoms with Crippen LogP contribution in [0.15, 0.2) is 42.7 Å². The number of rotatable bonds is 10. The first-order chi connectivity index (χ1) is 14.8. The molecule has 1 saturated carbocycles. The summed E-state index contributed by atoms with van der Waals surface area (Å²) in [5, 5.41) is 11.3. The van der Waals surface area contributed by atoms with E-state index in [2.05, 4.69) is 29.8 Å². The maximum atomic E-state index is 13.9. The second-order valence-electron chi connectivity index (χ2n) is 8.68. The molecule has 5 nitrogen and oxygen atoms in total. The number of carbonyl (C=O) groups is 1. The van der Waals surface area contributed by atoms with Crippen LogP contribution < -0.4 is 0 Å². The molecule has 1 N–H and O–H groups in total. The second-order valence-corrected chi connectivity index (χ2v) is 8.68. The van der Waals surface area contributed by atoms with Gasteiger partial charge in [-0.05, 0) is 31.7 Å². The fourth-order valence-corrected chi connectivity index (χ4v) is 4.52. The van der Waals surface area contributed by atoms with Crippen molar-refractivity contribution in [1.29, 1.82) is 0 Å². The van der Waals surface area contributed by atoms with Crippen molar-refractivity contribution in [2.24, 2.45) is 5.92 Å². The normalized spacial score (nSPS) is 24.4. The van der Waals surface area contributed by atoms with Gasteiger partial charge < -0.3 is 19.6 Å². The minimum absolute atomic E-state index is 0.0805. The van der Waals surface area contributed by atoms with Gasteiger partial charge >= 0.3 is 5.97 Å². The number of hydrogen-bond acceptors (Lipinski definition) is 5. The minimum atomic E-state index is -2.87. The van der Waals surface area contributed by atoms with Crippen LogP contribution in [0.2, 0.25) is 0 Å². The highest BCUT2D eigenvalue weighted by Crippen LogP contribution is 2.47. The molecule has 0 saturated heterocycles. The number of benzene rings is 1. The molecule has 1 aliphatic carbocycles. The Kier molecular flexibility index (Phi) is 7.57. The number of nitrogens with zero attached hydrogens (tertiary/aromatic N) is 2. The van der Waals surface area contributed by atoms with Gasteiger partial charge in [0.05, 0.1) is 12.8 Å². The van der Waals surface area contributed by atoms with Crippen LogP contribution in [0.25, 0.3) is 0 Å². The van der Waals surface area contributed by atoms with E-state index < -0.39 is 29.8 Å². The quantitative estimate of drug-likeness (QED) is 0.433. The number of aliphatic hydroxyl groups is 1. The van der Waals surface area contributed by atoms with Gasteiger partial charge in [-0.3, -0.25) is 0 Å². The van der Waals surface area contributed by atoms with Crippen LogP contribution in [0.3, 0.4) is 0 Å². The Morgan fingerprint density at radius 3 is 2.42 bits per heavy atom. The van der Waals surface area contributed by atoms with E-state index in [0.717, 1.165) is 19.4 Å². The molecule has 1 unspecified atom stereocenters. The highest BCUT2D eigenvalue weighted by Gasteiger charge is 2.54. The van der Waals surface area contributed by atoms with E-state index >= 15 is 0 Å².